The molecule has 0 atom stereocenters. The molecule has 0 amide bonds. The molecule has 0 aromatic carbocycles. The van der Waals surface area contributed by atoms with Gasteiger partial charge in [-0.1, -0.05) is 0 Å². The summed E-state index contributed by atoms with van der Waals surface area (Å²) < 4.78 is 0. The number of nitrogens with zero attached hydrogens (tertiary/aromatic N) is 3. The molecular weight excluding hydrogens is 204 g/mol. The van der Waals surface area contributed by atoms with Gasteiger partial charge >= 0.3 is 0 Å². The van der Waals surface area contributed by atoms with E-state index in [1.165, 1.54) is 0 Å². The molecule has 1 fully saturated rings. The first kappa shape index (κ1) is 11.1. The highest BCUT2D eigenvalue weighted by atomic mass is 16.3. The SMILES string of the molecule is Cc1cc(N(C)CC2CC(O)C2)nc(N)n1. The molecule has 1 aromatic rings. The highest BCUT2D eigenvalue weighted by molar-refractivity contribution is 5.42. The third-order valence-electron chi connectivity index (χ3n) is 2.99. The molecule has 0 saturated heterocycles. The van der Waals surface area contributed by atoms with Crippen LogP contribution in [0.15, 0.2) is 6.07 Å². The zero-order valence-corrected chi connectivity index (χ0v) is 9.72. The summed E-state index contributed by atoms with van der Waals surface area (Å²) in [5.74, 6) is 1.73. The van der Waals surface area contributed by atoms with Gasteiger partial charge in [0.25, 0.3) is 0 Å². The van der Waals surface area contributed by atoms with Crippen molar-refractivity contribution in [1.29, 1.82) is 0 Å². The summed E-state index contributed by atoms with van der Waals surface area (Å²) in [7, 11) is 1.99. The number of aliphatic hydroxyl groups is 1. The topological polar surface area (TPSA) is 75.3 Å². The minimum atomic E-state index is -0.101. The molecule has 88 valence electrons. The largest absolute Gasteiger partial charge is 0.393 e. The monoisotopic (exact) mass is 222 g/mol. The second-order valence-electron chi connectivity index (χ2n) is 4.60. The molecule has 0 aliphatic heterocycles. The third kappa shape index (κ3) is 2.41. The van der Waals surface area contributed by atoms with Crippen LogP contribution in [0.2, 0.25) is 0 Å². The van der Waals surface area contributed by atoms with Gasteiger partial charge in [-0.2, -0.15) is 4.98 Å². The summed E-state index contributed by atoms with van der Waals surface area (Å²) in [5.41, 5.74) is 6.49. The predicted octanol–water partition coefficient (Wildman–Crippen LogP) is 0.574. The van der Waals surface area contributed by atoms with Gasteiger partial charge in [-0.25, -0.2) is 4.98 Å². The number of aromatic nitrogens is 2. The van der Waals surface area contributed by atoms with E-state index in [0.29, 0.717) is 11.9 Å². The minimum Gasteiger partial charge on any atom is -0.393 e. The van der Waals surface area contributed by atoms with E-state index >= 15 is 0 Å². The van der Waals surface area contributed by atoms with Crippen molar-refractivity contribution in [3.8, 4) is 0 Å². The van der Waals surface area contributed by atoms with E-state index in [1.54, 1.807) is 0 Å². The molecule has 5 heteroatoms. The fourth-order valence-corrected chi connectivity index (χ4v) is 2.10. The predicted molar refractivity (Wildman–Crippen MR) is 63.2 cm³/mol. The number of hydrogen-bond donors (Lipinski definition) is 2. The second kappa shape index (κ2) is 4.25. The van der Waals surface area contributed by atoms with Crippen LogP contribution in [0.25, 0.3) is 0 Å². The van der Waals surface area contributed by atoms with Gasteiger partial charge in [0, 0.05) is 25.4 Å². The number of nitrogens with two attached hydrogens (primary N) is 1. The van der Waals surface area contributed by atoms with Crippen molar-refractivity contribution in [3.63, 3.8) is 0 Å². The molecule has 0 bridgehead atoms. The van der Waals surface area contributed by atoms with Crippen LogP contribution < -0.4 is 10.6 Å². The van der Waals surface area contributed by atoms with E-state index in [2.05, 4.69) is 14.9 Å². The Labute approximate surface area is 95.3 Å². The number of hydrogen-bond acceptors (Lipinski definition) is 5. The van der Waals surface area contributed by atoms with E-state index in [1.807, 2.05) is 20.0 Å². The zero-order chi connectivity index (χ0) is 11.7. The Morgan fingerprint density at radius 2 is 2.19 bits per heavy atom. The normalized spacial score (nSPS) is 23.9. The Hall–Kier alpha value is -1.36. The molecule has 1 saturated carbocycles. The molecule has 1 aliphatic rings. The maximum absolute atomic E-state index is 9.23. The van der Waals surface area contributed by atoms with E-state index in [4.69, 9.17) is 5.73 Å². The summed E-state index contributed by atoms with van der Waals surface area (Å²) in [6.45, 7) is 2.81. The first-order valence-corrected chi connectivity index (χ1v) is 5.55. The maximum atomic E-state index is 9.23. The standard InChI is InChI=1S/C11H18N4O/c1-7-3-10(14-11(12)13-7)15(2)6-8-4-9(16)5-8/h3,8-9,16H,4-6H2,1-2H3,(H2,12,13,14). The van der Waals surface area contributed by atoms with Gasteiger partial charge in [-0.05, 0) is 25.7 Å². The van der Waals surface area contributed by atoms with Crippen LogP contribution in [0.3, 0.4) is 0 Å². The van der Waals surface area contributed by atoms with E-state index < -0.39 is 0 Å². The highest BCUT2D eigenvalue weighted by Gasteiger charge is 2.28. The number of aryl methyl sites for hydroxylation is 1. The Morgan fingerprint density at radius 1 is 1.50 bits per heavy atom. The van der Waals surface area contributed by atoms with Crippen LogP contribution >= 0.6 is 0 Å². The Bertz CT molecular complexity index is 356. The lowest BCUT2D eigenvalue weighted by Gasteiger charge is -2.34. The number of aliphatic hydroxyl groups excluding tert-OH is 1. The lowest BCUT2D eigenvalue weighted by molar-refractivity contribution is 0.0464. The van der Waals surface area contributed by atoms with Crippen molar-refractivity contribution in [2.24, 2.45) is 5.92 Å². The van der Waals surface area contributed by atoms with Crippen LogP contribution in [-0.4, -0.2) is 34.8 Å². The van der Waals surface area contributed by atoms with Crippen LogP contribution in [0.5, 0.6) is 0 Å². The van der Waals surface area contributed by atoms with Crippen molar-refractivity contribution in [2.75, 3.05) is 24.2 Å². The Kier molecular flexibility index (Phi) is 2.96. The molecule has 0 radical (unpaired) electrons. The average molecular weight is 222 g/mol. The highest BCUT2D eigenvalue weighted by Crippen LogP contribution is 2.28. The molecule has 1 heterocycles. The molecule has 2 rings (SSSR count). The summed E-state index contributed by atoms with van der Waals surface area (Å²) in [5, 5.41) is 9.23. The molecule has 0 unspecified atom stereocenters. The first-order valence-electron chi connectivity index (χ1n) is 5.55. The van der Waals surface area contributed by atoms with Crippen molar-refractivity contribution in [1.82, 2.24) is 9.97 Å². The summed E-state index contributed by atoms with van der Waals surface area (Å²) in [4.78, 5) is 10.3. The van der Waals surface area contributed by atoms with E-state index in [-0.39, 0.29) is 6.10 Å². The van der Waals surface area contributed by atoms with Crippen molar-refractivity contribution in [2.45, 2.75) is 25.9 Å². The smallest absolute Gasteiger partial charge is 0.222 e. The second-order valence-corrected chi connectivity index (χ2v) is 4.60. The van der Waals surface area contributed by atoms with Gasteiger partial charge in [-0.15, -0.1) is 0 Å². The maximum Gasteiger partial charge on any atom is 0.222 e. The summed E-state index contributed by atoms with van der Waals surface area (Å²) >= 11 is 0. The van der Waals surface area contributed by atoms with E-state index in [9.17, 15) is 5.11 Å². The van der Waals surface area contributed by atoms with Crippen LogP contribution in [-0.2, 0) is 0 Å². The van der Waals surface area contributed by atoms with Gasteiger partial charge in [0.15, 0.2) is 0 Å². The third-order valence-corrected chi connectivity index (χ3v) is 2.99. The molecule has 1 aliphatic carbocycles. The van der Waals surface area contributed by atoms with Gasteiger partial charge in [0.1, 0.15) is 5.82 Å². The van der Waals surface area contributed by atoms with Gasteiger partial charge in [0.2, 0.25) is 5.95 Å². The van der Waals surface area contributed by atoms with Gasteiger partial charge < -0.3 is 15.7 Å². The molecule has 16 heavy (non-hydrogen) atoms. The fraction of sp³-hybridized carbons (Fsp3) is 0.636. The molecule has 5 nitrogen and oxygen atoms in total. The molecule has 0 spiro atoms. The number of nitrogen functional groups attached to an aromatic ring is 1. The van der Waals surface area contributed by atoms with Crippen LogP contribution in [0.1, 0.15) is 18.5 Å². The summed E-state index contributed by atoms with van der Waals surface area (Å²) in [6.07, 6.45) is 1.68. The summed E-state index contributed by atoms with van der Waals surface area (Å²) in [6, 6.07) is 1.92. The van der Waals surface area contributed by atoms with Crippen molar-refractivity contribution in [3.05, 3.63) is 11.8 Å². The zero-order valence-electron chi connectivity index (χ0n) is 9.72. The van der Waals surface area contributed by atoms with Crippen LogP contribution in [0.4, 0.5) is 11.8 Å². The van der Waals surface area contributed by atoms with Crippen molar-refractivity contribution >= 4 is 11.8 Å². The van der Waals surface area contributed by atoms with Crippen molar-refractivity contribution < 1.29 is 5.11 Å². The van der Waals surface area contributed by atoms with Gasteiger partial charge in [0.05, 0.1) is 6.10 Å². The van der Waals surface area contributed by atoms with Crippen LogP contribution in [0, 0.1) is 12.8 Å². The Morgan fingerprint density at radius 3 is 2.75 bits per heavy atom. The first-order chi connectivity index (χ1) is 7.54. The van der Waals surface area contributed by atoms with Gasteiger partial charge in [-0.3, -0.25) is 0 Å². The number of anilines is 2. The fourth-order valence-electron chi connectivity index (χ4n) is 2.10. The Balaban J connectivity index is 2.00. The molecule has 1 aromatic heterocycles. The molecular formula is C11H18N4O. The van der Waals surface area contributed by atoms with E-state index in [0.717, 1.165) is 30.9 Å². The number of rotatable bonds is 3. The quantitative estimate of drug-likeness (QED) is 0.782. The molecule has 3 N–H and O–H groups in total. The minimum absolute atomic E-state index is 0.101. The average Bonchev–Trinajstić information content (AvgIpc) is 2.13. The lowest BCUT2D eigenvalue weighted by atomic mass is 9.82. The lowest BCUT2D eigenvalue weighted by Crippen LogP contribution is -2.37.